The molecule has 84 valence electrons. The number of hydrogen-bond donors (Lipinski definition) is 1. The van der Waals surface area contributed by atoms with E-state index < -0.39 is 6.19 Å². The molecule has 2 nitrogen and oxygen atoms in total. The summed E-state index contributed by atoms with van der Waals surface area (Å²) < 4.78 is 0. The third-order valence-electron chi connectivity index (χ3n) is 2.45. The zero-order chi connectivity index (χ0) is 12.1. The Morgan fingerprint density at radius 2 is 1.29 bits per heavy atom. The summed E-state index contributed by atoms with van der Waals surface area (Å²) in [5.74, 6) is 0. The van der Waals surface area contributed by atoms with Crippen molar-refractivity contribution in [1.82, 2.24) is 5.09 Å². The Balaban J connectivity index is 2.56. The SMILES string of the molecule is N#CNP(=S)(c1ccccc1)c1ccccc1. The lowest BCUT2D eigenvalue weighted by Crippen LogP contribution is -2.24. The van der Waals surface area contributed by atoms with Crippen molar-refractivity contribution < 1.29 is 0 Å². The average Bonchev–Trinajstić information content (AvgIpc) is 2.41. The monoisotopic (exact) mass is 258 g/mol. The van der Waals surface area contributed by atoms with Crippen molar-refractivity contribution in [3.8, 4) is 6.19 Å². The smallest absolute Gasteiger partial charge is 0.181 e. The minimum absolute atomic E-state index is 1.00. The molecule has 1 N–H and O–H groups in total. The van der Waals surface area contributed by atoms with Gasteiger partial charge in [0.05, 0.1) is 6.19 Å². The van der Waals surface area contributed by atoms with Crippen LogP contribution in [-0.4, -0.2) is 0 Å². The number of rotatable bonds is 3. The fraction of sp³-hybridized carbons (Fsp3) is 0. The second-order valence-corrected chi connectivity index (χ2v) is 7.62. The standard InChI is InChI=1S/C13H11N2PS/c14-11-15-16(17,12-7-3-1-4-8-12)13-9-5-2-6-10-13/h1-10H,(H,15,17). The molecule has 0 heterocycles. The van der Waals surface area contributed by atoms with Gasteiger partial charge in [0.2, 0.25) is 0 Å². The van der Waals surface area contributed by atoms with Gasteiger partial charge in [-0.15, -0.1) is 0 Å². The lowest BCUT2D eigenvalue weighted by Gasteiger charge is -2.20. The van der Waals surface area contributed by atoms with Crippen LogP contribution >= 0.6 is 6.19 Å². The van der Waals surface area contributed by atoms with Crippen molar-refractivity contribution in [3.05, 3.63) is 60.7 Å². The molecule has 0 fully saturated rings. The van der Waals surface area contributed by atoms with Gasteiger partial charge in [-0.25, -0.2) is 0 Å². The van der Waals surface area contributed by atoms with Gasteiger partial charge >= 0.3 is 0 Å². The molecule has 0 aliphatic carbocycles. The van der Waals surface area contributed by atoms with Crippen LogP contribution in [0.1, 0.15) is 0 Å². The van der Waals surface area contributed by atoms with Gasteiger partial charge in [-0.1, -0.05) is 72.5 Å². The predicted octanol–water partition coefficient (Wildman–Crippen LogP) is 2.10. The summed E-state index contributed by atoms with van der Waals surface area (Å²) >= 11 is 5.71. The number of nitrogens with zero attached hydrogens (tertiary/aromatic N) is 1. The molecule has 0 aromatic heterocycles. The molecule has 17 heavy (non-hydrogen) atoms. The minimum Gasteiger partial charge on any atom is -0.287 e. The number of hydrogen-bond acceptors (Lipinski definition) is 2. The first-order chi connectivity index (χ1) is 8.27. The largest absolute Gasteiger partial charge is 0.287 e. The van der Waals surface area contributed by atoms with E-state index in [1.807, 2.05) is 66.9 Å². The molecule has 0 aliphatic rings. The van der Waals surface area contributed by atoms with E-state index in [4.69, 9.17) is 17.1 Å². The summed E-state index contributed by atoms with van der Waals surface area (Å²) in [5.41, 5.74) is 0. The van der Waals surface area contributed by atoms with Crippen LogP contribution in [0.4, 0.5) is 0 Å². The van der Waals surface area contributed by atoms with Crippen LogP contribution in [0.5, 0.6) is 0 Å². The van der Waals surface area contributed by atoms with Crippen LogP contribution in [0.2, 0.25) is 0 Å². The highest BCUT2D eigenvalue weighted by atomic mass is 32.4. The number of nitrogens with one attached hydrogen (secondary N) is 1. The second-order valence-electron chi connectivity index (χ2n) is 3.50. The van der Waals surface area contributed by atoms with Gasteiger partial charge in [-0.05, 0) is 0 Å². The summed E-state index contributed by atoms with van der Waals surface area (Å²) in [6.07, 6.45) is -0.201. The molecule has 0 radical (unpaired) electrons. The highest BCUT2D eigenvalue weighted by Gasteiger charge is 2.20. The molecule has 2 aromatic rings. The maximum atomic E-state index is 8.92. The zero-order valence-electron chi connectivity index (χ0n) is 9.08. The normalized spacial score (nSPS) is 10.5. The molecule has 0 aliphatic heterocycles. The Hall–Kier alpha value is -1.62. The first-order valence-electron chi connectivity index (χ1n) is 5.15. The van der Waals surface area contributed by atoms with E-state index in [0.717, 1.165) is 10.6 Å². The van der Waals surface area contributed by atoms with Crippen LogP contribution in [-0.2, 0) is 11.8 Å². The highest BCUT2D eigenvalue weighted by Crippen LogP contribution is 2.38. The molecule has 2 aromatic carbocycles. The molecule has 0 amide bonds. The highest BCUT2D eigenvalue weighted by molar-refractivity contribution is 8.21. The second kappa shape index (κ2) is 5.14. The number of nitriles is 1. The van der Waals surface area contributed by atoms with Crippen molar-refractivity contribution in [2.24, 2.45) is 0 Å². The van der Waals surface area contributed by atoms with Gasteiger partial charge in [-0.2, -0.15) is 5.26 Å². The first kappa shape index (κ1) is 11.9. The Bertz CT molecular complexity index is 532. The maximum Gasteiger partial charge on any atom is 0.181 e. The van der Waals surface area contributed by atoms with E-state index in [2.05, 4.69) is 5.09 Å². The van der Waals surface area contributed by atoms with E-state index in [-0.39, 0.29) is 0 Å². The summed E-state index contributed by atoms with van der Waals surface area (Å²) in [5, 5.41) is 13.8. The number of benzene rings is 2. The molecule has 2 rings (SSSR count). The minimum atomic E-state index is -2.20. The summed E-state index contributed by atoms with van der Waals surface area (Å²) in [6, 6.07) is 19.5. The van der Waals surface area contributed by atoms with Crippen molar-refractivity contribution in [1.29, 1.82) is 5.26 Å². The Morgan fingerprint density at radius 3 is 1.65 bits per heavy atom. The van der Waals surface area contributed by atoms with Crippen molar-refractivity contribution in [3.63, 3.8) is 0 Å². The maximum absolute atomic E-state index is 8.92. The quantitative estimate of drug-likeness (QED) is 0.520. The van der Waals surface area contributed by atoms with Gasteiger partial charge in [0.25, 0.3) is 0 Å². The first-order valence-corrected chi connectivity index (χ1v) is 7.95. The lowest BCUT2D eigenvalue weighted by molar-refractivity contribution is 1.35. The average molecular weight is 258 g/mol. The summed E-state index contributed by atoms with van der Waals surface area (Å²) in [7, 11) is 0. The molecule has 0 bridgehead atoms. The topological polar surface area (TPSA) is 35.8 Å². The predicted molar refractivity (Wildman–Crippen MR) is 75.2 cm³/mol. The molecule has 0 atom stereocenters. The van der Waals surface area contributed by atoms with Crippen LogP contribution in [0, 0.1) is 11.5 Å². The van der Waals surface area contributed by atoms with Crippen LogP contribution in [0.15, 0.2) is 60.7 Å². The molecule has 0 unspecified atom stereocenters. The third-order valence-corrected chi connectivity index (χ3v) is 6.45. The fourth-order valence-corrected chi connectivity index (χ4v) is 4.36. The molecule has 0 saturated heterocycles. The van der Waals surface area contributed by atoms with Crippen molar-refractivity contribution in [2.45, 2.75) is 0 Å². The molecule has 4 heteroatoms. The zero-order valence-corrected chi connectivity index (χ0v) is 10.8. The molecule has 0 saturated carbocycles. The van der Waals surface area contributed by atoms with Gasteiger partial charge < -0.3 is 0 Å². The fourth-order valence-electron chi connectivity index (χ4n) is 1.62. The Labute approximate surface area is 106 Å². The van der Waals surface area contributed by atoms with Gasteiger partial charge in [0.15, 0.2) is 6.19 Å². The van der Waals surface area contributed by atoms with E-state index in [0.29, 0.717) is 0 Å². The van der Waals surface area contributed by atoms with Crippen molar-refractivity contribution >= 4 is 28.6 Å². The van der Waals surface area contributed by atoms with Gasteiger partial charge in [0, 0.05) is 10.6 Å². The van der Waals surface area contributed by atoms with Crippen LogP contribution in [0.3, 0.4) is 0 Å². The van der Waals surface area contributed by atoms with Crippen LogP contribution < -0.4 is 15.7 Å². The molecular weight excluding hydrogens is 247 g/mol. The van der Waals surface area contributed by atoms with E-state index >= 15 is 0 Å². The third kappa shape index (κ3) is 2.39. The Morgan fingerprint density at radius 1 is 0.882 bits per heavy atom. The van der Waals surface area contributed by atoms with Crippen LogP contribution in [0.25, 0.3) is 0 Å². The van der Waals surface area contributed by atoms with Crippen molar-refractivity contribution in [2.75, 3.05) is 0 Å². The lowest BCUT2D eigenvalue weighted by atomic mass is 10.4. The van der Waals surface area contributed by atoms with Gasteiger partial charge in [0.1, 0.15) is 0 Å². The van der Waals surface area contributed by atoms with E-state index in [1.54, 1.807) is 0 Å². The summed E-state index contributed by atoms with van der Waals surface area (Å²) in [4.78, 5) is 0. The van der Waals surface area contributed by atoms with E-state index in [9.17, 15) is 0 Å². The Kier molecular flexibility index (Phi) is 3.58. The molecule has 0 spiro atoms. The molecular formula is C13H11N2PS. The summed E-state index contributed by atoms with van der Waals surface area (Å²) in [6.45, 7) is 0. The van der Waals surface area contributed by atoms with Gasteiger partial charge in [-0.3, -0.25) is 5.09 Å². The van der Waals surface area contributed by atoms with E-state index in [1.165, 1.54) is 0 Å².